The van der Waals surface area contributed by atoms with Gasteiger partial charge in [0.15, 0.2) is 0 Å². The second-order valence-electron chi connectivity index (χ2n) is 3.79. The summed E-state index contributed by atoms with van der Waals surface area (Å²) in [5, 5.41) is 2.93. The van der Waals surface area contributed by atoms with Crippen LogP contribution in [0.15, 0.2) is 24.3 Å². The maximum Gasteiger partial charge on any atom is 0.251 e. The van der Waals surface area contributed by atoms with Gasteiger partial charge in [0.2, 0.25) is 0 Å². The van der Waals surface area contributed by atoms with E-state index in [0.29, 0.717) is 6.54 Å². The van der Waals surface area contributed by atoms with Crippen LogP contribution in [-0.2, 0) is 0 Å². The predicted octanol–water partition coefficient (Wildman–Crippen LogP) is 2.36. The van der Waals surface area contributed by atoms with Gasteiger partial charge in [-0.1, -0.05) is 13.8 Å². The Balaban J connectivity index is 2.37. The average Bonchev–Trinajstić information content (AvgIpc) is 2.35. The predicted molar refractivity (Wildman–Crippen MR) is 79.3 cm³/mol. The van der Waals surface area contributed by atoms with Crippen molar-refractivity contribution in [3.8, 4) is 0 Å². The molecule has 3 nitrogen and oxygen atoms in total. The van der Waals surface area contributed by atoms with E-state index in [1.165, 1.54) is 0 Å². The molecule has 0 atom stereocenters. The molecular weight excluding hydrogens is 329 g/mol. The normalized spacial score (nSPS) is 10.6. The lowest BCUT2D eigenvalue weighted by Crippen LogP contribution is -2.34. The highest BCUT2D eigenvalue weighted by molar-refractivity contribution is 14.1. The van der Waals surface area contributed by atoms with E-state index in [9.17, 15) is 4.79 Å². The number of hydrogen-bond acceptors (Lipinski definition) is 2. The number of rotatable bonds is 6. The number of carbonyl (C=O) groups is 1. The van der Waals surface area contributed by atoms with E-state index < -0.39 is 0 Å². The number of likely N-dealkylation sites (N-methyl/N-ethyl adjacent to an activating group) is 1. The molecule has 0 aromatic heterocycles. The van der Waals surface area contributed by atoms with Crippen molar-refractivity contribution in [1.29, 1.82) is 0 Å². The number of nitrogens with zero attached hydrogens (tertiary/aromatic N) is 1. The van der Waals surface area contributed by atoms with Crippen LogP contribution in [-0.4, -0.2) is 37.0 Å². The summed E-state index contributed by atoms with van der Waals surface area (Å²) in [6.45, 7) is 7.91. The van der Waals surface area contributed by atoms with Crippen LogP contribution < -0.4 is 5.32 Å². The lowest BCUT2D eigenvalue weighted by atomic mass is 10.2. The van der Waals surface area contributed by atoms with E-state index in [1.807, 2.05) is 24.3 Å². The molecule has 17 heavy (non-hydrogen) atoms. The smallest absolute Gasteiger partial charge is 0.251 e. The molecule has 94 valence electrons. The highest BCUT2D eigenvalue weighted by Crippen LogP contribution is 2.06. The Hall–Kier alpha value is -0.620. The molecular formula is C13H19IN2O. The lowest BCUT2D eigenvalue weighted by molar-refractivity contribution is 0.0949. The quantitative estimate of drug-likeness (QED) is 0.801. The maximum absolute atomic E-state index is 11.8. The van der Waals surface area contributed by atoms with Crippen molar-refractivity contribution in [2.45, 2.75) is 13.8 Å². The summed E-state index contributed by atoms with van der Waals surface area (Å²) in [7, 11) is 0. The topological polar surface area (TPSA) is 32.3 Å². The molecule has 0 aliphatic heterocycles. The van der Waals surface area contributed by atoms with Gasteiger partial charge < -0.3 is 10.2 Å². The van der Waals surface area contributed by atoms with E-state index in [0.717, 1.165) is 28.8 Å². The number of hydrogen-bond donors (Lipinski definition) is 1. The first kappa shape index (κ1) is 14.4. The summed E-state index contributed by atoms with van der Waals surface area (Å²) in [5.41, 5.74) is 0.727. The first-order chi connectivity index (χ1) is 8.17. The number of amides is 1. The van der Waals surface area contributed by atoms with Crippen LogP contribution in [0, 0.1) is 3.57 Å². The molecule has 1 amide bonds. The minimum Gasteiger partial charge on any atom is -0.351 e. The summed E-state index contributed by atoms with van der Waals surface area (Å²) in [6, 6.07) is 7.60. The number of halogens is 1. The number of carbonyl (C=O) groups excluding carboxylic acids is 1. The molecule has 0 unspecified atom stereocenters. The zero-order valence-electron chi connectivity index (χ0n) is 10.4. The van der Waals surface area contributed by atoms with Crippen LogP contribution in [0.4, 0.5) is 0 Å². The van der Waals surface area contributed by atoms with Crippen molar-refractivity contribution in [2.75, 3.05) is 26.2 Å². The lowest BCUT2D eigenvalue weighted by Gasteiger charge is -2.17. The molecule has 1 N–H and O–H groups in total. The monoisotopic (exact) mass is 348 g/mol. The minimum absolute atomic E-state index is 0.00792. The third-order valence-corrected chi connectivity index (χ3v) is 3.43. The summed E-state index contributed by atoms with van der Waals surface area (Å²) in [6.07, 6.45) is 0. The first-order valence-electron chi connectivity index (χ1n) is 5.93. The second kappa shape index (κ2) is 7.66. The van der Waals surface area contributed by atoms with E-state index in [2.05, 4.69) is 46.7 Å². The van der Waals surface area contributed by atoms with Gasteiger partial charge in [-0.15, -0.1) is 0 Å². The molecule has 1 aromatic rings. The van der Waals surface area contributed by atoms with Gasteiger partial charge in [0, 0.05) is 22.2 Å². The molecule has 0 saturated heterocycles. The Morgan fingerprint density at radius 3 is 2.41 bits per heavy atom. The Kier molecular flexibility index (Phi) is 6.50. The van der Waals surface area contributed by atoms with Gasteiger partial charge in [-0.3, -0.25) is 4.79 Å². The van der Waals surface area contributed by atoms with Crippen molar-refractivity contribution in [3.63, 3.8) is 0 Å². The number of nitrogens with one attached hydrogen (secondary N) is 1. The Bertz CT molecular complexity index is 347. The SMILES string of the molecule is CCN(CC)[14CH2]CNC(=O)c1ccc(I)cc1. The van der Waals surface area contributed by atoms with Crippen molar-refractivity contribution in [2.24, 2.45) is 0 Å². The fourth-order valence-electron chi connectivity index (χ4n) is 1.57. The van der Waals surface area contributed by atoms with Crippen LogP contribution in [0.3, 0.4) is 0 Å². The third-order valence-electron chi connectivity index (χ3n) is 2.71. The summed E-state index contributed by atoms with van der Waals surface area (Å²) < 4.78 is 1.14. The molecule has 0 fully saturated rings. The van der Waals surface area contributed by atoms with E-state index >= 15 is 0 Å². The minimum atomic E-state index is 0.00792. The van der Waals surface area contributed by atoms with Crippen LogP contribution in [0.5, 0.6) is 0 Å². The van der Waals surface area contributed by atoms with Crippen molar-refractivity contribution in [3.05, 3.63) is 33.4 Å². The molecule has 0 aliphatic rings. The van der Waals surface area contributed by atoms with Gasteiger partial charge in [0.25, 0.3) is 5.91 Å². The fraction of sp³-hybridized carbons (Fsp3) is 0.462. The van der Waals surface area contributed by atoms with Crippen LogP contribution in [0.25, 0.3) is 0 Å². The van der Waals surface area contributed by atoms with Gasteiger partial charge in [0.1, 0.15) is 0 Å². The fourth-order valence-corrected chi connectivity index (χ4v) is 1.93. The molecule has 0 spiro atoms. The van der Waals surface area contributed by atoms with E-state index in [1.54, 1.807) is 0 Å². The van der Waals surface area contributed by atoms with Crippen LogP contribution in [0.1, 0.15) is 24.2 Å². The average molecular weight is 348 g/mol. The molecule has 0 heterocycles. The molecule has 1 rings (SSSR count). The molecule has 0 saturated carbocycles. The van der Waals surface area contributed by atoms with Gasteiger partial charge in [0.05, 0.1) is 0 Å². The molecule has 0 radical (unpaired) electrons. The Morgan fingerprint density at radius 2 is 1.88 bits per heavy atom. The summed E-state index contributed by atoms with van der Waals surface area (Å²) in [5.74, 6) is 0.00792. The molecule has 0 aliphatic carbocycles. The zero-order valence-corrected chi connectivity index (χ0v) is 12.5. The van der Waals surface area contributed by atoms with Gasteiger partial charge in [-0.05, 0) is 59.9 Å². The molecule has 1 aromatic carbocycles. The standard InChI is InChI=1S/C13H19IN2O/c1-3-16(4-2)10-9-15-13(17)11-5-7-12(14)8-6-11/h5-8H,3-4,9-10H2,1-2H3,(H,15,17)/i10+2. The number of benzene rings is 1. The Morgan fingerprint density at radius 1 is 1.29 bits per heavy atom. The largest absolute Gasteiger partial charge is 0.351 e. The highest BCUT2D eigenvalue weighted by atomic mass is 127. The van der Waals surface area contributed by atoms with Crippen molar-refractivity contribution in [1.82, 2.24) is 10.2 Å². The van der Waals surface area contributed by atoms with Gasteiger partial charge in [-0.25, -0.2) is 0 Å². The maximum atomic E-state index is 11.8. The van der Waals surface area contributed by atoms with E-state index in [-0.39, 0.29) is 5.91 Å². The zero-order chi connectivity index (χ0) is 12.7. The van der Waals surface area contributed by atoms with E-state index in [4.69, 9.17) is 0 Å². The van der Waals surface area contributed by atoms with Gasteiger partial charge >= 0.3 is 0 Å². The van der Waals surface area contributed by atoms with Gasteiger partial charge in [-0.2, -0.15) is 0 Å². The molecule has 0 bridgehead atoms. The first-order valence-corrected chi connectivity index (χ1v) is 7.01. The summed E-state index contributed by atoms with van der Waals surface area (Å²) >= 11 is 2.23. The van der Waals surface area contributed by atoms with Crippen molar-refractivity contribution >= 4 is 28.5 Å². The highest BCUT2D eigenvalue weighted by Gasteiger charge is 2.05. The van der Waals surface area contributed by atoms with Crippen LogP contribution >= 0.6 is 22.6 Å². The summed E-state index contributed by atoms with van der Waals surface area (Å²) in [4.78, 5) is 14.1. The van der Waals surface area contributed by atoms with Crippen molar-refractivity contribution < 1.29 is 4.79 Å². The Labute approximate surface area is 117 Å². The molecule has 4 heteroatoms. The third kappa shape index (κ3) is 5.04. The second-order valence-corrected chi connectivity index (χ2v) is 5.04. The van der Waals surface area contributed by atoms with Crippen LogP contribution in [0.2, 0.25) is 0 Å².